The summed E-state index contributed by atoms with van der Waals surface area (Å²) < 4.78 is 0. The number of aromatic nitrogens is 3. The molecule has 1 fully saturated rings. The molecule has 0 saturated carbocycles. The zero-order chi connectivity index (χ0) is 19.2. The fourth-order valence-electron chi connectivity index (χ4n) is 3.55. The van der Waals surface area contributed by atoms with Gasteiger partial charge in [-0.05, 0) is 38.1 Å². The van der Waals surface area contributed by atoms with Crippen LogP contribution >= 0.6 is 11.8 Å². The molecule has 1 aliphatic heterocycles. The number of anilines is 1. The van der Waals surface area contributed by atoms with Crippen molar-refractivity contribution < 1.29 is 0 Å². The number of hydrogen-bond acceptors (Lipinski definition) is 5. The largest absolute Gasteiger partial charge is 0.369 e. The van der Waals surface area contributed by atoms with Crippen molar-refractivity contribution in [2.24, 2.45) is 0 Å². The first-order valence-electron chi connectivity index (χ1n) is 9.92. The van der Waals surface area contributed by atoms with Crippen LogP contribution in [0.4, 0.5) is 5.69 Å². The number of thioether (sulfide) groups is 1. The average Bonchev–Trinajstić information content (AvgIpc) is 3.21. The fourth-order valence-corrected chi connectivity index (χ4v) is 4.27. The summed E-state index contributed by atoms with van der Waals surface area (Å²) in [5, 5.41) is 8.26. The standard InChI is InChI=1S/C22H27N5S/c1-18-7-5-8-19(17-18)21-23-22(25-24-21)28-16-6-11-26-12-14-27(15-13-26)20-9-3-2-4-10-20/h2-5,7-10,17H,6,11-16H2,1H3,(H,23,24,25). The first-order chi connectivity index (χ1) is 13.8. The van der Waals surface area contributed by atoms with Gasteiger partial charge < -0.3 is 4.90 Å². The van der Waals surface area contributed by atoms with Gasteiger partial charge in [0.05, 0.1) is 0 Å². The van der Waals surface area contributed by atoms with Gasteiger partial charge in [0.2, 0.25) is 5.16 Å². The number of piperazine rings is 1. The minimum Gasteiger partial charge on any atom is -0.369 e. The fraction of sp³-hybridized carbons (Fsp3) is 0.364. The Balaban J connectivity index is 1.18. The average molecular weight is 394 g/mol. The molecule has 6 heteroatoms. The van der Waals surface area contributed by atoms with E-state index in [1.54, 1.807) is 11.8 Å². The molecule has 2 heterocycles. The maximum atomic E-state index is 4.63. The molecular weight excluding hydrogens is 366 g/mol. The van der Waals surface area contributed by atoms with Crippen LogP contribution in [0.15, 0.2) is 59.8 Å². The molecule has 1 aromatic heterocycles. The lowest BCUT2D eigenvalue weighted by Gasteiger charge is -2.36. The highest BCUT2D eigenvalue weighted by Crippen LogP contribution is 2.21. The first-order valence-corrected chi connectivity index (χ1v) is 10.9. The minimum atomic E-state index is 0.838. The number of rotatable bonds is 7. The van der Waals surface area contributed by atoms with Crippen molar-refractivity contribution in [1.29, 1.82) is 0 Å². The Labute approximate surface area is 171 Å². The molecule has 2 aromatic carbocycles. The SMILES string of the molecule is Cc1cccc(-c2nc(SCCCN3CCN(c4ccccc4)CC3)n[nH]2)c1. The smallest absolute Gasteiger partial charge is 0.208 e. The van der Waals surface area contributed by atoms with Gasteiger partial charge in [0.15, 0.2) is 5.82 Å². The van der Waals surface area contributed by atoms with E-state index in [2.05, 4.69) is 86.5 Å². The van der Waals surface area contributed by atoms with E-state index < -0.39 is 0 Å². The van der Waals surface area contributed by atoms with Crippen LogP contribution in [0.2, 0.25) is 0 Å². The Hall–Kier alpha value is -2.31. The molecule has 4 rings (SSSR count). The highest BCUT2D eigenvalue weighted by molar-refractivity contribution is 7.99. The van der Waals surface area contributed by atoms with Crippen LogP contribution in [0.1, 0.15) is 12.0 Å². The normalized spacial score (nSPS) is 15.1. The van der Waals surface area contributed by atoms with Gasteiger partial charge in [0.1, 0.15) is 0 Å². The summed E-state index contributed by atoms with van der Waals surface area (Å²) in [6, 6.07) is 19.1. The molecule has 0 aliphatic carbocycles. The van der Waals surface area contributed by atoms with Gasteiger partial charge in [-0.1, -0.05) is 53.7 Å². The van der Waals surface area contributed by atoms with E-state index in [1.165, 1.54) is 11.3 Å². The topological polar surface area (TPSA) is 48.1 Å². The molecule has 3 aromatic rings. The van der Waals surface area contributed by atoms with Gasteiger partial charge in [0.25, 0.3) is 0 Å². The Morgan fingerprint density at radius 2 is 1.82 bits per heavy atom. The van der Waals surface area contributed by atoms with Crippen LogP contribution in [0.3, 0.4) is 0 Å². The molecule has 146 valence electrons. The number of para-hydroxylation sites is 1. The molecule has 0 spiro atoms. The van der Waals surface area contributed by atoms with Gasteiger partial charge in [-0.2, -0.15) is 0 Å². The number of aryl methyl sites for hydroxylation is 1. The minimum absolute atomic E-state index is 0.838. The van der Waals surface area contributed by atoms with Crippen LogP contribution in [-0.2, 0) is 0 Å². The van der Waals surface area contributed by atoms with E-state index in [1.807, 2.05) is 0 Å². The van der Waals surface area contributed by atoms with Gasteiger partial charge in [0, 0.05) is 43.2 Å². The van der Waals surface area contributed by atoms with Gasteiger partial charge in [-0.25, -0.2) is 4.98 Å². The van der Waals surface area contributed by atoms with E-state index in [-0.39, 0.29) is 0 Å². The zero-order valence-electron chi connectivity index (χ0n) is 16.3. The number of nitrogens with zero attached hydrogens (tertiary/aromatic N) is 4. The summed E-state index contributed by atoms with van der Waals surface area (Å²) >= 11 is 1.74. The van der Waals surface area contributed by atoms with Gasteiger partial charge >= 0.3 is 0 Å². The molecule has 0 bridgehead atoms. The molecule has 0 amide bonds. The van der Waals surface area contributed by atoms with Crippen molar-refractivity contribution in [2.75, 3.05) is 43.4 Å². The van der Waals surface area contributed by atoms with Gasteiger partial charge in [-0.15, -0.1) is 5.10 Å². The van der Waals surface area contributed by atoms with Crippen LogP contribution in [0.25, 0.3) is 11.4 Å². The molecule has 0 atom stereocenters. The lowest BCUT2D eigenvalue weighted by atomic mass is 10.1. The molecule has 1 saturated heterocycles. The summed E-state index contributed by atoms with van der Waals surface area (Å²) in [6.45, 7) is 7.73. The van der Waals surface area contributed by atoms with Crippen LogP contribution in [0.5, 0.6) is 0 Å². The highest BCUT2D eigenvalue weighted by atomic mass is 32.2. The maximum absolute atomic E-state index is 4.63. The quantitative estimate of drug-likeness (QED) is 0.484. The highest BCUT2D eigenvalue weighted by Gasteiger charge is 2.16. The summed E-state index contributed by atoms with van der Waals surface area (Å²) in [6.07, 6.45) is 1.16. The predicted octanol–water partition coefficient (Wildman–Crippen LogP) is 4.08. The number of aromatic amines is 1. The molecule has 0 radical (unpaired) electrons. The number of hydrogen-bond donors (Lipinski definition) is 1. The van der Waals surface area contributed by atoms with E-state index in [0.29, 0.717) is 0 Å². The lowest BCUT2D eigenvalue weighted by molar-refractivity contribution is 0.259. The first kappa shape index (κ1) is 19.0. The molecular formula is C22H27N5S. The molecule has 1 aliphatic rings. The Bertz CT molecular complexity index is 871. The third-order valence-electron chi connectivity index (χ3n) is 5.10. The van der Waals surface area contributed by atoms with Crippen LogP contribution < -0.4 is 4.90 Å². The van der Waals surface area contributed by atoms with E-state index in [0.717, 1.165) is 61.4 Å². The van der Waals surface area contributed by atoms with Crippen molar-refractivity contribution in [3.8, 4) is 11.4 Å². The Kier molecular flexibility index (Phi) is 6.29. The Morgan fingerprint density at radius 3 is 2.61 bits per heavy atom. The second-order valence-corrected chi connectivity index (χ2v) is 8.26. The Morgan fingerprint density at radius 1 is 1.00 bits per heavy atom. The zero-order valence-corrected chi connectivity index (χ0v) is 17.2. The number of H-pyrrole nitrogens is 1. The van der Waals surface area contributed by atoms with Crippen molar-refractivity contribution in [2.45, 2.75) is 18.5 Å². The molecule has 28 heavy (non-hydrogen) atoms. The summed E-state index contributed by atoms with van der Waals surface area (Å²) in [7, 11) is 0. The van der Waals surface area contributed by atoms with Gasteiger partial charge in [-0.3, -0.25) is 10.00 Å². The van der Waals surface area contributed by atoms with Crippen LogP contribution in [-0.4, -0.2) is 58.6 Å². The monoisotopic (exact) mass is 393 g/mol. The second kappa shape index (κ2) is 9.26. The lowest BCUT2D eigenvalue weighted by Crippen LogP contribution is -2.46. The van der Waals surface area contributed by atoms with Crippen molar-refractivity contribution >= 4 is 17.4 Å². The van der Waals surface area contributed by atoms with Crippen LogP contribution in [0, 0.1) is 6.92 Å². The molecule has 5 nitrogen and oxygen atoms in total. The summed E-state index contributed by atoms with van der Waals surface area (Å²) in [5.74, 6) is 1.90. The third-order valence-corrected chi connectivity index (χ3v) is 6.03. The number of nitrogens with one attached hydrogen (secondary N) is 1. The second-order valence-electron chi connectivity index (χ2n) is 7.20. The third kappa shape index (κ3) is 4.94. The summed E-state index contributed by atoms with van der Waals surface area (Å²) in [4.78, 5) is 9.67. The maximum Gasteiger partial charge on any atom is 0.208 e. The van der Waals surface area contributed by atoms with E-state index >= 15 is 0 Å². The molecule has 1 N–H and O–H groups in total. The summed E-state index contributed by atoms with van der Waals surface area (Å²) in [5.41, 5.74) is 3.66. The van der Waals surface area contributed by atoms with Crippen molar-refractivity contribution in [3.05, 3.63) is 60.2 Å². The van der Waals surface area contributed by atoms with Crippen molar-refractivity contribution in [3.63, 3.8) is 0 Å². The van der Waals surface area contributed by atoms with Crippen molar-refractivity contribution in [1.82, 2.24) is 20.1 Å². The number of benzene rings is 2. The van der Waals surface area contributed by atoms with E-state index in [4.69, 9.17) is 0 Å². The molecule has 0 unspecified atom stereocenters. The van der Waals surface area contributed by atoms with E-state index in [9.17, 15) is 0 Å². The predicted molar refractivity (Wildman–Crippen MR) is 117 cm³/mol.